The summed E-state index contributed by atoms with van der Waals surface area (Å²) in [6.45, 7) is 2.25. The zero-order valence-corrected chi connectivity index (χ0v) is 13.4. The zero-order valence-electron chi connectivity index (χ0n) is 10.9. The molecule has 0 saturated carbocycles. The van der Waals surface area contributed by atoms with Crippen molar-refractivity contribution in [1.29, 1.82) is 0 Å². The van der Waals surface area contributed by atoms with E-state index in [1.54, 1.807) is 12.1 Å². The van der Waals surface area contributed by atoms with Gasteiger partial charge in [0.1, 0.15) is 5.75 Å². The number of hydrogen-bond acceptors (Lipinski definition) is 1. The molecule has 0 aliphatic carbocycles. The summed E-state index contributed by atoms with van der Waals surface area (Å²) in [5, 5.41) is 9.13. The summed E-state index contributed by atoms with van der Waals surface area (Å²) in [5.41, 5.74) is 1.34. The highest BCUT2D eigenvalue weighted by molar-refractivity contribution is 7.59. The molecule has 1 rings (SSSR count). The molecule has 1 aromatic rings. The average Bonchev–Trinajstić information content (AvgIpc) is 2.26. The van der Waals surface area contributed by atoms with E-state index in [1.807, 2.05) is 12.1 Å². The average molecular weight is 311 g/mol. The molecule has 2 radical (unpaired) electrons. The van der Waals surface area contributed by atoms with Crippen molar-refractivity contribution in [3.8, 4) is 5.75 Å². The van der Waals surface area contributed by atoms with E-state index in [0.717, 1.165) is 6.42 Å². The first-order chi connectivity index (χ1) is 7.33. The first kappa shape index (κ1) is 23.1. The van der Waals surface area contributed by atoms with Gasteiger partial charge in [0.2, 0.25) is 0 Å². The van der Waals surface area contributed by atoms with Crippen LogP contribution in [0.25, 0.3) is 0 Å². The lowest BCUT2D eigenvalue weighted by molar-refractivity contribution is 0.475. The molecule has 0 bridgehead atoms. The van der Waals surface area contributed by atoms with Gasteiger partial charge < -0.3 is 5.11 Å². The van der Waals surface area contributed by atoms with Gasteiger partial charge in [-0.25, -0.2) is 0 Å². The minimum absolute atomic E-state index is 0. The van der Waals surface area contributed by atoms with Gasteiger partial charge in [0, 0.05) is 13.5 Å². The van der Waals surface area contributed by atoms with Gasteiger partial charge in [0.15, 0.2) is 0 Å². The molecule has 0 atom stereocenters. The molecule has 1 nitrogen and oxygen atoms in total. The summed E-state index contributed by atoms with van der Waals surface area (Å²) in [6.07, 6.45) is 9.19. The number of rotatable bonds is 7. The third-order valence-corrected chi connectivity index (χ3v) is 2.76. The molecule has 0 aliphatic heterocycles. The van der Waals surface area contributed by atoms with E-state index < -0.39 is 0 Å². The molecular formula is C14H24Cl2OS. The fourth-order valence-corrected chi connectivity index (χ4v) is 1.77. The van der Waals surface area contributed by atoms with Gasteiger partial charge in [0.25, 0.3) is 0 Å². The lowest BCUT2D eigenvalue weighted by Crippen LogP contribution is -1.85. The molecule has 0 spiro atoms. The number of aryl methyl sites for hydroxylation is 1. The second-order valence-electron chi connectivity index (χ2n) is 4.18. The largest absolute Gasteiger partial charge is 0.508 e. The summed E-state index contributed by atoms with van der Waals surface area (Å²) >= 11 is 0. The van der Waals surface area contributed by atoms with Crippen LogP contribution in [0, 0.1) is 0 Å². The maximum Gasteiger partial charge on any atom is 0.115 e. The van der Waals surface area contributed by atoms with E-state index in [-0.39, 0.29) is 38.3 Å². The highest BCUT2D eigenvalue weighted by Crippen LogP contribution is 2.13. The van der Waals surface area contributed by atoms with Crippen LogP contribution in [0.3, 0.4) is 0 Å². The van der Waals surface area contributed by atoms with Crippen LogP contribution in [0.4, 0.5) is 0 Å². The Morgan fingerprint density at radius 1 is 0.833 bits per heavy atom. The third kappa shape index (κ3) is 11.1. The molecule has 0 aromatic heterocycles. The van der Waals surface area contributed by atoms with Crippen molar-refractivity contribution in [2.75, 3.05) is 0 Å². The highest BCUT2D eigenvalue weighted by Gasteiger charge is 1.94. The van der Waals surface area contributed by atoms with Crippen LogP contribution in [-0.2, 0) is 6.42 Å². The summed E-state index contributed by atoms with van der Waals surface area (Å²) < 4.78 is 0. The molecule has 0 saturated heterocycles. The number of phenolic OH excluding ortho intramolecular Hbond substituents is 1. The van der Waals surface area contributed by atoms with Gasteiger partial charge in [-0.15, -0.1) is 24.8 Å². The van der Waals surface area contributed by atoms with E-state index in [4.69, 9.17) is 5.11 Å². The van der Waals surface area contributed by atoms with Crippen molar-refractivity contribution in [2.45, 2.75) is 51.9 Å². The first-order valence-corrected chi connectivity index (χ1v) is 6.11. The molecule has 4 heteroatoms. The number of phenols is 1. The summed E-state index contributed by atoms with van der Waals surface area (Å²) in [6, 6.07) is 7.57. The van der Waals surface area contributed by atoms with Crippen LogP contribution in [0.15, 0.2) is 24.3 Å². The van der Waals surface area contributed by atoms with Crippen LogP contribution in [0.5, 0.6) is 5.75 Å². The molecule has 0 heterocycles. The molecule has 18 heavy (non-hydrogen) atoms. The van der Waals surface area contributed by atoms with Crippen molar-refractivity contribution >= 4 is 38.3 Å². The molecule has 1 aromatic carbocycles. The summed E-state index contributed by atoms with van der Waals surface area (Å²) in [5.74, 6) is 0.363. The number of halogens is 2. The van der Waals surface area contributed by atoms with Gasteiger partial charge in [-0.1, -0.05) is 51.2 Å². The molecule has 0 aliphatic rings. The fourth-order valence-electron chi connectivity index (χ4n) is 1.77. The normalized spacial score (nSPS) is 8.72. The molecule has 0 unspecified atom stereocenters. The van der Waals surface area contributed by atoms with E-state index in [9.17, 15) is 0 Å². The lowest BCUT2D eigenvalue weighted by atomic mass is 10.1. The number of aromatic hydroxyl groups is 1. The Hall–Kier alpha value is -0.0500. The van der Waals surface area contributed by atoms with Crippen molar-refractivity contribution in [1.82, 2.24) is 0 Å². The first-order valence-electron chi connectivity index (χ1n) is 6.11. The Labute approximate surface area is 131 Å². The Kier molecular flexibility index (Phi) is 19.2. The number of unbranched alkanes of at least 4 members (excludes halogenated alkanes) is 5. The molecular weight excluding hydrogens is 287 g/mol. The topological polar surface area (TPSA) is 20.2 Å². The Bertz CT molecular complexity index is 265. The predicted molar refractivity (Wildman–Crippen MR) is 87.3 cm³/mol. The molecule has 0 amide bonds. The van der Waals surface area contributed by atoms with Gasteiger partial charge in [0.05, 0.1) is 0 Å². The minimum Gasteiger partial charge on any atom is -0.508 e. The third-order valence-electron chi connectivity index (χ3n) is 2.76. The Morgan fingerprint density at radius 2 is 1.33 bits per heavy atom. The summed E-state index contributed by atoms with van der Waals surface area (Å²) in [7, 11) is 0. The fraction of sp³-hybridized carbons (Fsp3) is 0.571. The van der Waals surface area contributed by atoms with Crippen molar-refractivity contribution in [3.63, 3.8) is 0 Å². The summed E-state index contributed by atoms with van der Waals surface area (Å²) in [4.78, 5) is 0. The quantitative estimate of drug-likeness (QED) is 0.632. The van der Waals surface area contributed by atoms with Gasteiger partial charge in [-0.3, -0.25) is 0 Å². The van der Waals surface area contributed by atoms with E-state index in [1.165, 1.54) is 44.1 Å². The van der Waals surface area contributed by atoms with Gasteiger partial charge >= 0.3 is 0 Å². The van der Waals surface area contributed by atoms with Crippen LogP contribution in [0.2, 0.25) is 0 Å². The smallest absolute Gasteiger partial charge is 0.115 e. The maximum atomic E-state index is 9.13. The minimum atomic E-state index is 0. The number of benzene rings is 1. The SMILES string of the molecule is CCCCCCCCc1ccc(O)cc1.Cl.Cl.[S]. The highest BCUT2D eigenvalue weighted by atomic mass is 35.5. The Morgan fingerprint density at radius 3 is 1.89 bits per heavy atom. The molecule has 0 fully saturated rings. The van der Waals surface area contributed by atoms with Crippen molar-refractivity contribution in [2.24, 2.45) is 0 Å². The Balaban J connectivity index is -0.000000750. The van der Waals surface area contributed by atoms with Gasteiger partial charge in [-0.2, -0.15) is 0 Å². The predicted octanol–water partition coefficient (Wildman–Crippen LogP) is 5.79. The molecule has 106 valence electrons. The van der Waals surface area contributed by atoms with E-state index in [0.29, 0.717) is 5.75 Å². The van der Waals surface area contributed by atoms with Crippen molar-refractivity contribution in [3.05, 3.63) is 29.8 Å². The molecule has 1 N–H and O–H groups in total. The monoisotopic (exact) mass is 310 g/mol. The van der Waals surface area contributed by atoms with Crippen LogP contribution >= 0.6 is 38.3 Å². The van der Waals surface area contributed by atoms with E-state index >= 15 is 0 Å². The maximum absolute atomic E-state index is 9.13. The standard InChI is InChI=1S/C14H22O.2ClH.S/c1-2-3-4-5-6-7-8-13-9-11-14(15)12-10-13;;;/h9-12,15H,2-8H2,1H3;2*1H;. The van der Waals surface area contributed by atoms with E-state index in [2.05, 4.69) is 6.92 Å². The van der Waals surface area contributed by atoms with Gasteiger partial charge in [-0.05, 0) is 30.5 Å². The zero-order chi connectivity index (χ0) is 10.9. The van der Waals surface area contributed by atoms with Crippen LogP contribution < -0.4 is 0 Å². The number of hydrogen-bond donors (Lipinski definition) is 1. The lowest BCUT2D eigenvalue weighted by Gasteiger charge is -2.02. The second-order valence-corrected chi connectivity index (χ2v) is 4.18. The van der Waals surface area contributed by atoms with Crippen LogP contribution in [-0.4, -0.2) is 5.11 Å². The van der Waals surface area contributed by atoms with Crippen molar-refractivity contribution < 1.29 is 5.11 Å². The second kappa shape index (κ2) is 15.0. The van der Waals surface area contributed by atoms with Crippen LogP contribution in [0.1, 0.15) is 51.0 Å².